The van der Waals surface area contributed by atoms with Crippen LogP contribution in [0.4, 0.5) is 0 Å². The first kappa shape index (κ1) is 22.6. The molecule has 4 rings (SSSR count). The van der Waals surface area contributed by atoms with E-state index in [9.17, 15) is 13.2 Å². The Morgan fingerprint density at radius 3 is 2.13 bits per heavy atom. The van der Waals surface area contributed by atoms with E-state index in [1.54, 1.807) is 24.3 Å². The highest BCUT2D eigenvalue weighted by Gasteiger charge is 2.35. The number of ether oxygens (including phenoxy) is 1. The lowest BCUT2D eigenvalue weighted by Crippen LogP contribution is -2.49. The maximum Gasteiger partial charge on any atom is 0.243 e. The third-order valence-corrected chi connectivity index (χ3v) is 8.92. The van der Waals surface area contributed by atoms with Crippen LogP contribution < -0.4 is 4.74 Å². The third-order valence-electron chi connectivity index (χ3n) is 7.01. The van der Waals surface area contributed by atoms with Gasteiger partial charge in [0.1, 0.15) is 5.75 Å². The average Bonchev–Trinajstić information content (AvgIpc) is 3.34. The van der Waals surface area contributed by atoms with Crippen LogP contribution in [0.25, 0.3) is 0 Å². The molecular formula is C23H35N3O4S. The van der Waals surface area contributed by atoms with Crippen LogP contribution in [0, 0.1) is 5.92 Å². The smallest absolute Gasteiger partial charge is 0.243 e. The Kier molecular flexibility index (Phi) is 7.19. The molecule has 0 atom stereocenters. The van der Waals surface area contributed by atoms with E-state index in [0.717, 1.165) is 25.9 Å². The first-order valence-electron chi connectivity index (χ1n) is 11.7. The van der Waals surface area contributed by atoms with Crippen LogP contribution in [0.2, 0.25) is 0 Å². The molecule has 172 valence electrons. The molecular weight excluding hydrogens is 414 g/mol. The number of hydrogen-bond acceptors (Lipinski definition) is 5. The fourth-order valence-corrected chi connectivity index (χ4v) is 6.65. The molecule has 0 spiro atoms. The van der Waals surface area contributed by atoms with Gasteiger partial charge >= 0.3 is 0 Å². The van der Waals surface area contributed by atoms with Crippen LogP contribution in [0.3, 0.4) is 0 Å². The molecule has 3 aliphatic heterocycles. The van der Waals surface area contributed by atoms with E-state index in [1.807, 2.05) is 11.8 Å². The zero-order valence-corrected chi connectivity index (χ0v) is 19.4. The molecule has 8 heteroatoms. The monoisotopic (exact) mass is 449 g/mol. The predicted molar refractivity (Wildman–Crippen MR) is 120 cm³/mol. The molecule has 0 radical (unpaired) electrons. The maximum atomic E-state index is 13.0. The molecule has 0 aliphatic carbocycles. The minimum absolute atomic E-state index is 0.0601. The summed E-state index contributed by atoms with van der Waals surface area (Å²) in [4.78, 5) is 17.9. The van der Waals surface area contributed by atoms with Crippen LogP contribution in [0.15, 0.2) is 29.2 Å². The minimum atomic E-state index is -3.54. The van der Waals surface area contributed by atoms with E-state index in [-0.39, 0.29) is 16.7 Å². The predicted octanol–water partition coefficient (Wildman–Crippen LogP) is 2.57. The van der Waals surface area contributed by atoms with Gasteiger partial charge in [0, 0.05) is 38.1 Å². The molecule has 1 aromatic carbocycles. The Labute approximate surface area is 186 Å². The largest absolute Gasteiger partial charge is 0.494 e. The van der Waals surface area contributed by atoms with E-state index < -0.39 is 10.0 Å². The Hall–Kier alpha value is -1.64. The lowest BCUT2D eigenvalue weighted by molar-refractivity contribution is -0.138. The Morgan fingerprint density at radius 2 is 1.55 bits per heavy atom. The topological polar surface area (TPSA) is 70.2 Å². The Bertz CT molecular complexity index is 836. The summed E-state index contributed by atoms with van der Waals surface area (Å²) in [5.41, 5.74) is 0. The summed E-state index contributed by atoms with van der Waals surface area (Å²) in [6.45, 7) is 7.33. The van der Waals surface area contributed by atoms with Gasteiger partial charge in [-0.1, -0.05) is 0 Å². The van der Waals surface area contributed by atoms with Gasteiger partial charge in [-0.3, -0.25) is 4.79 Å². The first-order chi connectivity index (χ1) is 15.0. The van der Waals surface area contributed by atoms with Crippen molar-refractivity contribution in [3.8, 4) is 5.75 Å². The SMILES string of the molecule is CCOc1ccc(S(=O)(=O)N2CCC(C(=O)N3CCC(N4CCCC4)CC3)CC2)cc1. The standard InChI is InChI=1S/C23H35N3O4S/c1-2-30-21-5-7-22(8-6-21)31(28,29)26-17-9-19(10-18-26)23(27)25-15-11-20(12-16-25)24-13-3-4-14-24/h5-8,19-20H,2-4,9-18H2,1H3. The van der Waals surface area contributed by atoms with Gasteiger partial charge in [0.05, 0.1) is 11.5 Å². The van der Waals surface area contributed by atoms with Gasteiger partial charge in [-0.25, -0.2) is 8.42 Å². The highest BCUT2D eigenvalue weighted by molar-refractivity contribution is 7.89. The second-order valence-electron chi connectivity index (χ2n) is 8.88. The highest BCUT2D eigenvalue weighted by atomic mass is 32.2. The molecule has 0 N–H and O–H groups in total. The number of carbonyl (C=O) groups excluding carboxylic acids is 1. The van der Waals surface area contributed by atoms with Gasteiger partial charge < -0.3 is 14.5 Å². The number of benzene rings is 1. The van der Waals surface area contributed by atoms with Crippen LogP contribution >= 0.6 is 0 Å². The van der Waals surface area contributed by atoms with Gasteiger partial charge in [0.2, 0.25) is 15.9 Å². The number of hydrogen-bond donors (Lipinski definition) is 0. The zero-order valence-electron chi connectivity index (χ0n) is 18.5. The van der Waals surface area contributed by atoms with Crippen molar-refractivity contribution in [3.05, 3.63) is 24.3 Å². The molecule has 0 saturated carbocycles. The zero-order chi connectivity index (χ0) is 21.8. The van der Waals surface area contributed by atoms with Crippen LogP contribution in [0.5, 0.6) is 5.75 Å². The number of sulfonamides is 1. The molecule has 3 saturated heterocycles. The van der Waals surface area contributed by atoms with Gasteiger partial charge in [0.25, 0.3) is 0 Å². The van der Waals surface area contributed by atoms with Crippen LogP contribution in [-0.4, -0.2) is 80.3 Å². The van der Waals surface area contributed by atoms with E-state index in [2.05, 4.69) is 4.90 Å². The van der Waals surface area contributed by atoms with E-state index in [4.69, 9.17) is 4.74 Å². The Balaban J connectivity index is 1.28. The van der Waals surface area contributed by atoms with Crippen molar-refractivity contribution in [2.24, 2.45) is 5.92 Å². The average molecular weight is 450 g/mol. The van der Waals surface area contributed by atoms with Crippen LogP contribution in [0.1, 0.15) is 45.4 Å². The Morgan fingerprint density at radius 1 is 0.935 bits per heavy atom. The number of nitrogens with zero attached hydrogens (tertiary/aromatic N) is 3. The summed E-state index contributed by atoms with van der Waals surface area (Å²) >= 11 is 0. The highest BCUT2D eigenvalue weighted by Crippen LogP contribution is 2.28. The van der Waals surface area contributed by atoms with Crippen LogP contribution in [-0.2, 0) is 14.8 Å². The molecule has 1 aromatic rings. The molecule has 1 amide bonds. The van der Waals surface area contributed by atoms with Crippen molar-refractivity contribution < 1.29 is 17.9 Å². The number of piperidine rings is 2. The normalized spacial score (nSPS) is 22.7. The fourth-order valence-electron chi connectivity index (χ4n) is 5.18. The molecule has 0 unspecified atom stereocenters. The summed E-state index contributed by atoms with van der Waals surface area (Å²) in [7, 11) is -3.54. The lowest BCUT2D eigenvalue weighted by atomic mass is 9.94. The minimum Gasteiger partial charge on any atom is -0.494 e. The van der Waals surface area contributed by atoms with Crippen molar-refractivity contribution in [2.45, 2.75) is 56.4 Å². The molecule has 0 bridgehead atoms. The maximum absolute atomic E-state index is 13.0. The summed E-state index contributed by atoms with van der Waals surface area (Å²) in [5, 5.41) is 0. The third kappa shape index (κ3) is 5.07. The van der Waals surface area contributed by atoms with Gasteiger partial charge in [-0.2, -0.15) is 4.31 Å². The molecule has 31 heavy (non-hydrogen) atoms. The van der Waals surface area contributed by atoms with Gasteiger partial charge in [-0.15, -0.1) is 0 Å². The van der Waals surface area contributed by atoms with Crippen molar-refractivity contribution in [1.82, 2.24) is 14.1 Å². The van der Waals surface area contributed by atoms with Gasteiger partial charge in [-0.05, 0) is 82.8 Å². The second-order valence-corrected chi connectivity index (χ2v) is 10.8. The van der Waals surface area contributed by atoms with E-state index in [0.29, 0.717) is 44.3 Å². The number of amides is 1. The summed E-state index contributed by atoms with van der Waals surface area (Å²) in [5.74, 6) is 0.826. The molecule has 0 aromatic heterocycles. The summed E-state index contributed by atoms with van der Waals surface area (Å²) in [6.07, 6.45) is 5.93. The quantitative estimate of drug-likeness (QED) is 0.668. The van der Waals surface area contributed by atoms with Crippen molar-refractivity contribution >= 4 is 15.9 Å². The summed E-state index contributed by atoms with van der Waals surface area (Å²) in [6, 6.07) is 7.22. The van der Waals surface area contributed by atoms with Gasteiger partial charge in [0.15, 0.2) is 0 Å². The number of rotatable bonds is 6. The lowest BCUT2D eigenvalue weighted by Gasteiger charge is -2.39. The summed E-state index contributed by atoms with van der Waals surface area (Å²) < 4.78 is 32.9. The van der Waals surface area contributed by atoms with Crippen molar-refractivity contribution in [3.63, 3.8) is 0 Å². The second kappa shape index (κ2) is 9.88. The van der Waals surface area contributed by atoms with E-state index in [1.165, 1.54) is 30.2 Å². The molecule has 3 heterocycles. The first-order valence-corrected chi connectivity index (χ1v) is 13.2. The van der Waals surface area contributed by atoms with E-state index >= 15 is 0 Å². The number of carbonyl (C=O) groups is 1. The fraction of sp³-hybridized carbons (Fsp3) is 0.696. The molecule has 3 aliphatic rings. The molecule has 7 nitrogen and oxygen atoms in total. The molecule has 3 fully saturated rings. The number of likely N-dealkylation sites (tertiary alicyclic amines) is 2. The van der Waals surface area contributed by atoms with Crippen molar-refractivity contribution in [1.29, 1.82) is 0 Å². The van der Waals surface area contributed by atoms with Crippen molar-refractivity contribution in [2.75, 3.05) is 45.9 Å².